The first-order valence-electron chi connectivity index (χ1n) is 9.77. The number of nitrogens with one attached hydrogen (secondary N) is 2. The average Bonchev–Trinajstić information content (AvgIpc) is 3.14. The van der Waals surface area contributed by atoms with Crippen LogP contribution in [0.2, 0.25) is 10.0 Å². The molecule has 1 aliphatic rings. The van der Waals surface area contributed by atoms with Crippen molar-refractivity contribution in [3.8, 4) is 16.9 Å². The standard InChI is InChI=1S/C21H23Cl2N5O2/c1-14-24-21(27-26-14)25-16-12-18(22)20(19(23)13-16)15-2-4-17(5-3-15)30-11-8-28-6-9-29-10-7-28/h2-5,12-13H,6-11H2,1H3,(H2,24,25,26,27). The third-order valence-corrected chi connectivity index (χ3v) is 5.41. The molecule has 0 spiro atoms. The van der Waals surface area contributed by atoms with Gasteiger partial charge in [-0.15, -0.1) is 5.10 Å². The van der Waals surface area contributed by atoms with Gasteiger partial charge in [0.1, 0.15) is 18.2 Å². The highest BCUT2D eigenvalue weighted by molar-refractivity contribution is 6.39. The van der Waals surface area contributed by atoms with Crippen LogP contribution in [0, 0.1) is 6.92 Å². The van der Waals surface area contributed by atoms with E-state index in [2.05, 4.69) is 25.4 Å². The van der Waals surface area contributed by atoms with E-state index in [1.54, 1.807) is 12.1 Å². The van der Waals surface area contributed by atoms with Crippen molar-refractivity contribution in [2.24, 2.45) is 0 Å². The maximum Gasteiger partial charge on any atom is 0.246 e. The van der Waals surface area contributed by atoms with Crippen molar-refractivity contribution in [2.45, 2.75) is 6.92 Å². The minimum absolute atomic E-state index is 0.464. The van der Waals surface area contributed by atoms with Crippen molar-refractivity contribution >= 4 is 34.8 Å². The van der Waals surface area contributed by atoms with E-state index in [4.69, 9.17) is 32.7 Å². The number of nitrogens with zero attached hydrogens (tertiary/aromatic N) is 3. The maximum atomic E-state index is 6.53. The van der Waals surface area contributed by atoms with Crippen LogP contribution < -0.4 is 10.1 Å². The zero-order valence-corrected chi connectivity index (χ0v) is 18.1. The SMILES string of the molecule is Cc1nc(Nc2cc(Cl)c(-c3ccc(OCCN4CCOCC4)cc3)c(Cl)c2)n[nH]1. The number of aryl methyl sites for hydroxylation is 1. The van der Waals surface area contributed by atoms with Crippen molar-refractivity contribution in [3.05, 3.63) is 52.3 Å². The number of aromatic nitrogens is 3. The molecule has 0 aliphatic carbocycles. The molecule has 0 bridgehead atoms. The first-order valence-corrected chi connectivity index (χ1v) is 10.5. The van der Waals surface area contributed by atoms with E-state index in [1.165, 1.54) is 0 Å². The fraction of sp³-hybridized carbons (Fsp3) is 0.333. The second-order valence-electron chi connectivity index (χ2n) is 7.01. The summed E-state index contributed by atoms with van der Waals surface area (Å²) in [5.41, 5.74) is 2.41. The van der Waals surface area contributed by atoms with Crippen LogP contribution in [0.25, 0.3) is 11.1 Å². The number of halogens is 2. The molecule has 9 heteroatoms. The summed E-state index contributed by atoms with van der Waals surface area (Å²) < 4.78 is 11.2. The minimum atomic E-state index is 0.464. The van der Waals surface area contributed by atoms with Crippen LogP contribution in [-0.4, -0.2) is 59.5 Å². The lowest BCUT2D eigenvalue weighted by Gasteiger charge is -2.26. The van der Waals surface area contributed by atoms with Gasteiger partial charge >= 0.3 is 0 Å². The van der Waals surface area contributed by atoms with E-state index >= 15 is 0 Å². The van der Waals surface area contributed by atoms with Crippen LogP contribution >= 0.6 is 23.2 Å². The predicted molar refractivity (Wildman–Crippen MR) is 119 cm³/mol. The van der Waals surface area contributed by atoms with Gasteiger partial charge in [-0.05, 0) is 36.8 Å². The van der Waals surface area contributed by atoms with Crippen LogP contribution in [0.5, 0.6) is 5.75 Å². The molecule has 2 N–H and O–H groups in total. The Hall–Kier alpha value is -2.32. The largest absolute Gasteiger partial charge is 0.492 e. The lowest BCUT2D eigenvalue weighted by Crippen LogP contribution is -2.38. The zero-order chi connectivity index (χ0) is 20.9. The maximum absolute atomic E-state index is 6.53. The van der Waals surface area contributed by atoms with Gasteiger partial charge in [0.2, 0.25) is 5.95 Å². The smallest absolute Gasteiger partial charge is 0.246 e. The molecule has 158 valence electrons. The van der Waals surface area contributed by atoms with Gasteiger partial charge < -0.3 is 14.8 Å². The number of hydrogen-bond donors (Lipinski definition) is 2. The predicted octanol–water partition coefficient (Wildman–Crippen LogP) is 4.54. The number of morpholine rings is 1. The van der Waals surface area contributed by atoms with E-state index in [0.717, 1.165) is 61.2 Å². The molecule has 3 aromatic rings. The highest BCUT2D eigenvalue weighted by atomic mass is 35.5. The summed E-state index contributed by atoms with van der Waals surface area (Å²) in [4.78, 5) is 6.56. The summed E-state index contributed by atoms with van der Waals surface area (Å²) in [6.07, 6.45) is 0. The molecule has 1 aromatic heterocycles. The summed E-state index contributed by atoms with van der Waals surface area (Å²) in [6.45, 7) is 6.87. The normalized spacial score (nSPS) is 14.6. The van der Waals surface area contributed by atoms with E-state index in [-0.39, 0.29) is 0 Å². The Morgan fingerprint density at radius 3 is 2.47 bits per heavy atom. The van der Waals surface area contributed by atoms with Crippen LogP contribution in [0.3, 0.4) is 0 Å². The monoisotopic (exact) mass is 447 g/mol. The molecular weight excluding hydrogens is 425 g/mol. The van der Waals surface area contributed by atoms with Crippen LogP contribution in [-0.2, 0) is 4.74 Å². The van der Waals surface area contributed by atoms with Gasteiger partial charge in [0.15, 0.2) is 0 Å². The number of benzene rings is 2. The first-order chi connectivity index (χ1) is 14.6. The molecule has 2 heterocycles. The summed E-state index contributed by atoms with van der Waals surface area (Å²) in [7, 11) is 0. The van der Waals surface area contributed by atoms with Gasteiger partial charge in [-0.2, -0.15) is 4.98 Å². The molecule has 7 nitrogen and oxygen atoms in total. The van der Waals surface area contributed by atoms with E-state index in [9.17, 15) is 0 Å². The van der Waals surface area contributed by atoms with Gasteiger partial charge in [0.25, 0.3) is 0 Å². The summed E-state index contributed by atoms with van der Waals surface area (Å²) in [5, 5.41) is 11.0. The van der Waals surface area contributed by atoms with Gasteiger partial charge in [-0.1, -0.05) is 35.3 Å². The minimum Gasteiger partial charge on any atom is -0.492 e. The van der Waals surface area contributed by atoms with Gasteiger partial charge in [0.05, 0.1) is 23.3 Å². The van der Waals surface area contributed by atoms with Crippen LogP contribution in [0.4, 0.5) is 11.6 Å². The Balaban J connectivity index is 1.40. The summed E-state index contributed by atoms with van der Waals surface area (Å²) in [6, 6.07) is 11.4. The fourth-order valence-corrected chi connectivity index (χ4v) is 3.99. The van der Waals surface area contributed by atoms with Gasteiger partial charge in [-0.3, -0.25) is 10.00 Å². The highest BCUT2D eigenvalue weighted by Crippen LogP contribution is 2.38. The number of ether oxygens (including phenoxy) is 2. The Kier molecular flexibility index (Phi) is 6.74. The van der Waals surface area contributed by atoms with Crippen molar-refractivity contribution in [1.82, 2.24) is 20.1 Å². The van der Waals surface area contributed by atoms with E-state index in [1.807, 2.05) is 31.2 Å². The van der Waals surface area contributed by atoms with Crippen molar-refractivity contribution in [1.29, 1.82) is 0 Å². The van der Waals surface area contributed by atoms with Crippen LogP contribution in [0.1, 0.15) is 5.82 Å². The molecule has 4 rings (SSSR count). The van der Waals surface area contributed by atoms with Crippen LogP contribution in [0.15, 0.2) is 36.4 Å². The molecule has 0 saturated carbocycles. The third-order valence-electron chi connectivity index (χ3n) is 4.82. The van der Waals surface area contributed by atoms with Crippen molar-refractivity contribution in [2.75, 3.05) is 44.8 Å². The quantitative estimate of drug-likeness (QED) is 0.553. The second kappa shape index (κ2) is 9.66. The topological polar surface area (TPSA) is 75.3 Å². The van der Waals surface area contributed by atoms with Crippen molar-refractivity contribution < 1.29 is 9.47 Å². The van der Waals surface area contributed by atoms with E-state index < -0.39 is 0 Å². The number of aromatic amines is 1. The molecule has 0 radical (unpaired) electrons. The molecule has 1 saturated heterocycles. The number of H-pyrrole nitrogens is 1. The highest BCUT2D eigenvalue weighted by Gasteiger charge is 2.13. The summed E-state index contributed by atoms with van der Waals surface area (Å²) in [5.74, 6) is 2.00. The molecule has 1 fully saturated rings. The second-order valence-corrected chi connectivity index (χ2v) is 7.83. The number of rotatable bonds is 7. The number of hydrogen-bond acceptors (Lipinski definition) is 6. The average molecular weight is 448 g/mol. The molecule has 0 amide bonds. The van der Waals surface area contributed by atoms with E-state index in [0.29, 0.717) is 22.6 Å². The Morgan fingerprint density at radius 2 is 1.83 bits per heavy atom. The molecule has 0 atom stereocenters. The molecule has 30 heavy (non-hydrogen) atoms. The first kappa shape index (κ1) is 20.9. The molecular formula is C21H23Cl2N5O2. The van der Waals surface area contributed by atoms with Gasteiger partial charge in [0, 0.05) is 30.9 Å². The summed E-state index contributed by atoms with van der Waals surface area (Å²) >= 11 is 13.1. The molecule has 1 aliphatic heterocycles. The third kappa shape index (κ3) is 5.23. The Bertz CT molecular complexity index is 964. The van der Waals surface area contributed by atoms with Gasteiger partial charge in [-0.25, -0.2) is 0 Å². The molecule has 0 unspecified atom stereocenters. The van der Waals surface area contributed by atoms with Crippen molar-refractivity contribution in [3.63, 3.8) is 0 Å². The lowest BCUT2D eigenvalue weighted by molar-refractivity contribution is 0.0322. The zero-order valence-electron chi connectivity index (χ0n) is 16.6. The number of anilines is 2. The fourth-order valence-electron chi connectivity index (χ4n) is 3.28. The molecule has 2 aromatic carbocycles. The Labute approximate surface area is 185 Å². The Morgan fingerprint density at radius 1 is 1.13 bits per heavy atom. The lowest BCUT2D eigenvalue weighted by atomic mass is 10.0.